The fourth-order valence-corrected chi connectivity index (χ4v) is 5.19. The van der Waals surface area contributed by atoms with E-state index in [-0.39, 0.29) is 0 Å². The molecule has 6 heteroatoms. The van der Waals surface area contributed by atoms with Crippen molar-refractivity contribution in [1.82, 2.24) is 4.31 Å². The van der Waals surface area contributed by atoms with Crippen LogP contribution in [0.2, 0.25) is 0 Å². The molecule has 0 amide bonds. The molecule has 0 radical (unpaired) electrons. The lowest BCUT2D eigenvalue weighted by Crippen LogP contribution is -3.15. The fourth-order valence-electron chi connectivity index (χ4n) is 3.44. The Morgan fingerprint density at radius 2 is 1.73 bits per heavy atom. The molecule has 2 aromatic rings. The Bertz CT molecular complexity index is 845. The molecule has 140 valence electrons. The topological polar surface area (TPSA) is 62.0 Å². The van der Waals surface area contributed by atoms with Crippen LogP contribution in [0, 0.1) is 13.8 Å². The van der Waals surface area contributed by atoms with Crippen LogP contribution >= 0.6 is 0 Å². The summed E-state index contributed by atoms with van der Waals surface area (Å²) < 4.78 is 27.5. The summed E-state index contributed by atoms with van der Waals surface area (Å²) in [4.78, 5) is 1.64. The zero-order chi connectivity index (χ0) is 18.7. The van der Waals surface area contributed by atoms with E-state index in [9.17, 15) is 13.5 Å². The standard InChI is InChI=1S/C20H26N2O3S/c1-16-8-9-17(2)20(14-16)26(24,25)22-12-10-21(11-13-22)15-19(23)18-6-4-3-5-7-18/h3-9,14,19,23H,10-13,15H2,1-2H3/p+1/t19-/m0/s1. The number of aryl methyl sites for hydroxylation is 2. The monoisotopic (exact) mass is 375 g/mol. The van der Waals surface area contributed by atoms with Crippen LogP contribution < -0.4 is 4.90 Å². The highest BCUT2D eigenvalue weighted by molar-refractivity contribution is 7.89. The Morgan fingerprint density at radius 3 is 2.38 bits per heavy atom. The summed E-state index contributed by atoms with van der Waals surface area (Å²) in [5.41, 5.74) is 2.64. The zero-order valence-corrected chi connectivity index (χ0v) is 16.2. The third-order valence-corrected chi connectivity index (χ3v) is 7.10. The summed E-state index contributed by atoms with van der Waals surface area (Å²) in [5.74, 6) is 0. The molecule has 0 aliphatic carbocycles. The van der Waals surface area contributed by atoms with Crippen molar-refractivity contribution in [3.05, 3.63) is 65.2 Å². The molecule has 26 heavy (non-hydrogen) atoms. The minimum absolute atomic E-state index is 0.408. The number of quaternary nitrogens is 1. The van der Waals surface area contributed by atoms with E-state index >= 15 is 0 Å². The number of aliphatic hydroxyl groups is 1. The van der Waals surface area contributed by atoms with Crippen LogP contribution in [0.5, 0.6) is 0 Å². The number of nitrogens with one attached hydrogen (secondary N) is 1. The fraction of sp³-hybridized carbons (Fsp3) is 0.400. The number of nitrogens with zero attached hydrogens (tertiary/aromatic N) is 1. The molecule has 5 nitrogen and oxygen atoms in total. The van der Waals surface area contributed by atoms with Gasteiger partial charge in [0.2, 0.25) is 10.0 Å². The van der Waals surface area contributed by atoms with Crippen molar-refractivity contribution in [2.24, 2.45) is 0 Å². The SMILES string of the molecule is Cc1ccc(C)c(S(=O)(=O)N2CC[NH+](C[C@H](O)c3ccccc3)CC2)c1. The number of sulfonamides is 1. The molecular weight excluding hydrogens is 348 g/mol. The third kappa shape index (κ3) is 4.15. The zero-order valence-electron chi connectivity index (χ0n) is 15.4. The number of aliphatic hydroxyl groups excluding tert-OH is 1. The minimum atomic E-state index is -3.46. The van der Waals surface area contributed by atoms with Crippen LogP contribution in [-0.2, 0) is 10.0 Å². The van der Waals surface area contributed by atoms with Crippen molar-refractivity contribution < 1.29 is 18.4 Å². The van der Waals surface area contributed by atoms with Gasteiger partial charge in [-0.3, -0.25) is 0 Å². The highest BCUT2D eigenvalue weighted by Gasteiger charge is 2.32. The summed E-state index contributed by atoms with van der Waals surface area (Å²) in [6.45, 7) is 6.71. The van der Waals surface area contributed by atoms with Gasteiger partial charge in [-0.15, -0.1) is 0 Å². The van der Waals surface area contributed by atoms with Gasteiger partial charge in [0, 0.05) is 0 Å². The Hall–Kier alpha value is -1.73. The maximum absolute atomic E-state index is 13.0. The molecule has 1 aliphatic heterocycles. The lowest BCUT2D eigenvalue weighted by atomic mass is 10.1. The Balaban J connectivity index is 1.64. The van der Waals surface area contributed by atoms with Gasteiger partial charge in [0.25, 0.3) is 0 Å². The van der Waals surface area contributed by atoms with Crippen LogP contribution in [-0.4, -0.2) is 50.6 Å². The van der Waals surface area contributed by atoms with Crippen LogP contribution in [0.3, 0.4) is 0 Å². The van der Waals surface area contributed by atoms with Crippen molar-refractivity contribution in [2.45, 2.75) is 24.8 Å². The quantitative estimate of drug-likeness (QED) is 0.817. The van der Waals surface area contributed by atoms with E-state index in [0.29, 0.717) is 37.6 Å². The van der Waals surface area contributed by atoms with Crippen LogP contribution in [0.1, 0.15) is 22.8 Å². The van der Waals surface area contributed by atoms with Crippen molar-refractivity contribution in [2.75, 3.05) is 32.7 Å². The van der Waals surface area contributed by atoms with Gasteiger partial charge in [0.15, 0.2) is 0 Å². The number of rotatable bonds is 5. The van der Waals surface area contributed by atoms with Gasteiger partial charge < -0.3 is 10.0 Å². The molecule has 2 aromatic carbocycles. The van der Waals surface area contributed by atoms with E-state index < -0.39 is 16.1 Å². The second-order valence-electron chi connectivity index (χ2n) is 7.05. The van der Waals surface area contributed by atoms with E-state index in [4.69, 9.17) is 0 Å². The molecule has 1 heterocycles. The highest BCUT2D eigenvalue weighted by Crippen LogP contribution is 2.21. The summed E-state index contributed by atoms with van der Waals surface area (Å²) in [6.07, 6.45) is -0.520. The van der Waals surface area contributed by atoms with Gasteiger partial charge in [-0.2, -0.15) is 4.31 Å². The predicted molar refractivity (Wildman–Crippen MR) is 102 cm³/mol. The Labute approximate surface area is 155 Å². The van der Waals surface area contributed by atoms with Crippen LogP contribution in [0.4, 0.5) is 0 Å². The first-order chi connectivity index (χ1) is 12.4. The van der Waals surface area contributed by atoms with Crippen molar-refractivity contribution in [1.29, 1.82) is 0 Å². The average Bonchev–Trinajstić information content (AvgIpc) is 2.65. The number of benzene rings is 2. The molecule has 1 saturated heterocycles. The Morgan fingerprint density at radius 1 is 1.08 bits per heavy atom. The molecule has 1 fully saturated rings. The number of hydrogen-bond donors (Lipinski definition) is 2. The number of piperazine rings is 1. The third-order valence-electron chi connectivity index (χ3n) is 5.06. The molecule has 0 bridgehead atoms. The highest BCUT2D eigenvalue weighted by atomic mass is 32.2. The molecule has 1 aliphatic rings. The van der Waals surface area contributed by atoms with E-state index in [2.05, 4.69) is 0 Å². The molecule has 0 saturated carbocycles. The van der Waals surface area contributed by atoms with E-state index in [1.165, 1.54) is 4.90 Å². The normalized spacial score (nSPS) is 18.0. The van der Waals surface area contributed by atoms with Gasteiger partial charge in [-0.05, 0) is 36.6 Å². The maximum atomic E-state index is 13.0. The largest absolute Gasteiger partial charge is 0.382 e. The summed E-state index contributed by atoms with van der Waals surface area (Å²) >= 11 is 0. The average molecular weight is 376 g/mol. The van der Waals surface area contributed by atoms with Gasteiger partial charge in [0.05, 0.1) is 31.1 Å². The lowest BCUT2D eigenvalue weighted by molar-refractivity contribution is -0.907. The van der Waals surface area contributed by atoms with Gasteiger partial charge in [-0.1, -0.05) is 42.5 Å². The number of hydrogen-bond acceptors (Lipinski definition) is 3. The van der Waals surface area contributed by atoms with E-state index in [1.807, 2.05) is 56.3 Å². The molecule has 1 atom stereocenters. The van der Waals surface area contributed by atoms with E-state index in [0.717, 1.165) is 16.7 Å². The van der Waals surface area contributed by atoms with Crippen molar-refractivity contribution >= 4 is 10.0 Å². The maximum Gasteiger partial charge on any atom is 0.243 e. The second-order valence-corrected chi connectivity index (χ2v) is 8.96. The first kappa shape index (κ1) is 19.0. The summed E-state index contributed by atoms with van der Waals surface area (Å²) in [6, 6.07) is 15.2. The summed E-state index contributed by atoms with van der Waals surface area (Å²) in [5, 5.41) is 10.4. The first-order valence-electron chi connectivity index (χ1n) is 9.02. The first-order valence-corrected chi connectivity index (χ1v) is 10.5. The van der Waals surface area contributed by atoms with Crippen LogP contribution in [0.15, 0.2) is 53.4 Å². The van der Waals surface area contributed by atoms with Gasteiger partial charge >= 0.3 is 0 Å². The minimum Gasteiger partial charge on any atom is -0.382 e. The molecular formula is C20H27N2O3S+. The molecule has 2 N–H and O–H groups in total. The predicted octanol–water partition coefficient (Wildman–Crippen LogP) is 0.926. The molecule has 0 spiro atoms. The second kappa shape index (κ2) is 7.88. The lowest BCUT2D eigenvalue weighted by Gasteiger charge is -2.32. The van der Waals surface area contributed by atoms with Gasteiger partial charge in [-0.25, -0.2) is 8.42 Å². The van der Waals surface area contributed by atoms with E-state index in [1.54, 1.807) is 10.4 Å². The smallest absolute Gasteiger partial charge is 0.243 e. The summed E-state index contributed by atoms with van der Waals surface area (Å²) in [7, 11) is -3.46. The molecule has 3 rings (SSSR count). The molecule has 0 unspecified atom stereocenters. The molecule has 0 aromatic heterocycles. The van der Waals surface area contributed by atoms with Crippen molar-refractivity contribution in [3.8, 4) is 0 Å². The van der Waals surface area contributed by atoms with Crippen LogP contribution in [0.25, 0.3) is 0 Å². The Kier molecular flexibility index (Phi) is 5.77. The van der Waals surface area contributed by atoms with Crippen molar-refractivity contribution in [3.63, 3.8) is 0 Å². The van der Waals surface area contributed by atoms with Gasteiger partial charge in [0.1, 0.15) is 12.6 Å².